The zero-order chi connectivity index (χ0) is 21.6. The Kier molecular flexibility index (Phi) is 6.62. The molecule has 2 aliphatic rings. The van der Waals surface area contributed by atoms with Crippen LogP contribution >= 0.6 is 0 Å². The zero-order valence-electron chi connectivity index (χ0n) is 17.5. The van der Waals surface area contributed by atoms with Crippen LogP contribution in [0.15, 0.2) is 60.7 Å². The average molecular weight is 421 g/mol. The van der Waals surface area contributed by atoms with E-state index in [0.29, 0.717) is 32.4 Å². The van der Waals surface area contributed by atoms with Crippen LogP contribution in [0, 0.1) is 5.92 Å². The SMILES string of the molecule is O=C(Nc1ccccc1)C1CCN(CN2C(=O)NC(CCc3ccccc3)C2=O)CC1. The van der Waals surface area contributed by atoms with Gasteiger partial charge in [0.2, 0.25) is 5.91 Å². The number of imide groups is 1. The maximum Gasteiger partial charge on any atom is 0.325 e. The van der Waals surface area contributed by atoms with Gasteiger partial charge in [0.25, 0.3) is 5.91 Å². The summed E-state index contributed by atoms with van der Waals surface area (Å²) < 4.78 is 0. The number of carbonyl (C=O) groups is 3. The smallest absolute Gasteiger partial charge is 0.325 e. The van der Waals surface area contributed by atoms with Crippen LogP contribution in [0.5, 0.6) is 0 Å². The van der Waals surface area contributed by atoms with Crippen molar-refractivity contribution in [2.24, 2.45) is 5.92 Å². The topological polar surface area (TPSA) is 81.8 Å². The molecule has 0 spiro atoms. The van der Waals surface area contributed by atoms with Crippen molar-refractivity contribution in [3.8, 4) is 0 Å². The van der Waals surface area contributed by atoms with Gasteiger partial charge in [-0.15, -0.1) is 0 Å². The highest BCUT2D eigenvalue weighted by molar-refractivity contribution is 6.04. The number of hydrogen-bond acceptors (Lipinski definition) is 4. The Labute approximate surface area is 182 Å². The minimum atomic E-state index is -0.470. The number of rotatable bonds is 7. The molecule has 4 rings (SSSR count). The molecule has 162 valence electrons. The number of anilines is 1. The molecular formula is C24H28N4O3. The van der Waals surface area contributed by atoms with E-state index in [-0.39, 0.29) is 30.4 Å². The molecule has 1 atom stereocenters. The Morgan fingerprint density at radius 2 is 1.61 bits per heavy atom. The van der Waals surface area contributed by atoms with E-state index in [1.165, 1.54) is 4.90 Å². The molecule has 0 aliphatic carbocycles. The van der Waals surface area contributed by atoms with Crippen LogP contribution in [-0.2, 0) is 16.0 Å². The van der Waals surface area contributed by atoms with E-state index >= 15 is 0 Å². The molecule has 2 N–H and O–H groups in total. The number of para-hydroxylation sites is 1. The predicted octanol–water partition coefficient (Wildman–Crippen LogP) is 2.85. The first-order valence-electron chi connectivity index (χ1n) is 10.8. The monoisotopic (exact) mass is 420 g/mol. The maximum absolute atomic E-state index is 12.7. The molecule has 0 saturated carbocycles. The van der Waals surface area contributed by atoms with E-state index < -0.39 is 6.04 Å². The van der Waals surface area contributed by atoms with Gasteiger partial charge in [-0.1, -0.05) is 48.5 Å². The van der Waals surface area contributed by atoms with Gasteiger partial charge in [-0.25, -0.2) is 9.69 Å². The fourth-order valence-corrected chi connectivity index (χ4v) is 4.16. The Bertz CT molecular complexity index is 911. The number of carbonyl (C=O) groups excluding carboxylic acids is 3. The summed E-state index contributed by atoms with van der Waals surface area (Å²) in [5.74, 6) is -0.190. The third kappa shape index (κ3) is 5.30. The van der Waals surface area contributed by atoms with Crippen molar-refractivity contribution < 1.29 is 14.4 Å². The number of benzene rings is 2. The molecule has 0 aromatic heterocycles. The molecule has 7 nitrogen and oxygen atoms in total. The summed E-state index contributed by atoms with van der Waals surface area (Å²) >= 11 is 0. The van der Waals surface area contributed by atoms with Crippen molar-refractivity contribution in [1.82, 2.24) is 15.1 Å². The van der Waals surface area contributed by atoms with Crippen LogP contribution in [0.2, 0.25) is 0 Å². The van der Waals surface area contributed by atoms with Gasteiger partial charge in [0, 0.05) is 24.7 Å². The van der Waals surface area contributed by atoms with E-state index in [9.17, 15) is 14.4 Å². The summed E-state index contributed by atoms with van der Waals surface area (Å²) in [4.78, 5) is 41.0. The van der Waals surface area contributed by atoms with Gasteiger partial charge in [-0.05, 0) is 43.4 Å². The minimum absolute atomic E-state index is 0.0295. The first kappa shape index (κ1) is 21.1. The number of hydrogen-bond donors (Lipinski definition) is 2. The average Bonchev–Trinajstić information content (AvgIpc) is 3.07. The molecule has 2 heterocycles. The van der Waals surface area contributed by atoms with Crippen LogP contribution in [0.3, 0.4) is 0 Å². The highest BCUT2D eigenvalue weighted by Crippen LogP contribution is 2.21. The summed E-state index contributed by atoms with van der Waals surface area (Å²) in [6.07, 6.45) is 2.75. The van der Waals surface area contributed by atoms with E-state index in [4.69, 9.17) is 0 Å². The van der Waals surface area contributed by atoms with Gasteiger partial charge in [0.1, 0.15) is 6.04 Å². The van der Waals surface area contributed by atoms with Crippen molar-refractivity contribution in [2.45, 2.75) is 31.7 Å². The highest BCUT2D eigenvalue weighted by atomic mass is 16.2. The lowest BCUT2D eigenvalue weighted by Gasteiger charge is -2.33. The quantitative estimate of drug-likeness (QED) is 0.675. The second kappa shape index (κ2) is 9.75. The van der Waals surface area contributed by atoms with Gasteiger partial charge in [-0.3, -0.25) is 14.5 Å². The summed E-state index contributed by atoms with van der Waals surface area (Å²) in [6.45, 7) is 1.64. The third-order valence-corrected chi connectivity index (χ3v) is 6.01. The molecule has 1 unspecified atom stereocenters. The molecule has 2 aliphatic heterocycles. The van der Waals surface area contributed by atoms with E-state index in [2.05, 4.69) is 15.5 Å². The molecule has 2 saturated heterocycles. The summed E-state index contributed by atoms with van der Waals surface area (Å²) in [7, 11) is 0. The van der Waals surface area contributed by atoms with Gasteiger partial charge < -0.3 is 10.6 Å². The summed E-state index contributed by atoms with van der Waals surface area (Å²) in [5.41, 5.74) is 1.95. The van der Waals surface area contributed by atoms with Crippen LogP contribution in [0.1, 0.15) is 24.8 Å². The summed E-state index contributed by atoms with van der Waals surface area (Å²) in [5, 5.41) is 5.78. The Balaban J connectivity index is 1.24. The maximum atomic E-state index is 12.7. The van der Waals surface area contributed by atoms with Crippen molar-refractivity contribution in [1.29, 1.82) is 0 Å². The number of nitrogens with zero attached hydrogens (tertiary/aromatic N) is 2. The number of nitrogens with one attached hydrogen (secondary N) is 2. The van der Waals surface area contributed by atoms with E-state index in [1.807, 2.05) is 60.7 Å². The Morgan fingerprint density at radius 1 is 0.968 bits per heavy atom. The molecule has 31 heavy (non-hydrogen) atoms. The predicted molar refractivity (Wildman–Crippen MR) is 118 cm³/mol. The second-order valence-corrected chi connectivity index (χ2v) is 8.18. The van der Waals surface area contributed by atoms with Crippen molar-refractivity contribution in [3.63, 3.8) is 0 Å². The highest BCUT2D eigenvalue weighted by Gasteiger charge is 2.39. The normalized spacial score (nSPS) is 20.0. The molecule has 4 amide bonds. The molecule has 2 fully saturated rings. The van der Waals surface area contributed by atoms with Crippen molar-refractivity contribution >= 4 is 23.5 Å². The van der Waals surface area contributed by atoms with Crippen LogP contribution in [-0.4, -0.2) is 53.4 Å². The Hall–Kier alpha value is -3.19. The molecule has 2 aromatic carbocycles. The third-order valence-electron chi connectivity index (χ3n) is 6.01. The molecule has 0 bridgehead atoms. The van der Waals surface area contributed by atoms with Crippen molar-refractivity contribution in [2.75, 3.05) is 25.1 Å². The van der Waals surface area contributed by atoms with Gasteiger partial charge in [0.15, 0.2) is 0 Å². The van der Waals surface area contributed by atoms with Crippen LogP contribution in [0.4, 0.5) is 10.5 Å². The Morgan fingerprint density at radius 3 is 2.29 bits per heavy atom. The van der Waals surface area contributed by atoms with Crippen LogP contribution < -0.4 is 10.6 Å². The molecule has 0 radical (unpaired) electrons. The number of amides is 4. The first-order chi connectivity index (χ1) is 15.1. The fraction of sp³-hybridized carbons (Fsp3) is 0.375. The van der Waals surface area contributed by atoms with Gasteiger partial charge >= 0.3 is 6.03 Å². The standard InChI is InChI=1S/C24H28N4O3/c29-22(25-20-9-5-2-6-10-20)19-13-15-27(16-14-19)17-28-23(30)21(26-24(28)31)12-11-18-7-3-1-4-8-18/h1-10,19,21H,11-17H2,(H,25,29)(H,26,31). The lowest BCUT2D eigenvalue weighted by atomic mass is 9.96. The van der Waals surface area contributed by atoms with Gasteiger partial charge in [0.05, 0.1) is 6.67 Å². The number of aryl methyl sites for hydroxylation is 1. The lowest BCUT2D eigenvalue weighted by Crippen LogP contribution is -2.46. The number of likely N-dealkylation sites (tertiary alicyclic amines) is 1. The molecular weight excluding hydrogens is 392 g/mol. The minimum Gasteiger partial charge on any atom is -0.326 e. The molecule has 2 aromatic rings. The second-order valence-electron chi connectivity index (χ2n) is 8.18. The number of piperidine rings is 1. The van der Waals surface area contributed by atoms with E-state index in [0.717, 1.165) is 17.7 Å². The first-order valence-corrected chi connectivity index (χ1v) is 10.8. The van der Waals surface area contributed by atoms with Crippen LogP contribution in [0.25, 0.3) is 0 Å². The fourth-order valence-electron chi connectivity index (χ4n) is 4.16. The summed E-state index contributed by atoms with van der Waals surface area (Å²) in [6, 6.07) is 18.6. The zero-order valence-corrected chi connectivity index (χ0v) is 17.5. The number of urea groups is 1. The lowest BCUT2D eigenvalue weighted by molar-refractivity contribution is -0.130. The van der Waals surface area contributed by atoms with Gasteiger partial charge in [-0.2, -0.15) is 0 Å². The van der Waals surface area contributed by atoms with Crippen molar-refractivity contribution in [3.05, 3.63) is 66.2 Å². The van der Waals surface area contributed by atoms with E-state index in [1.54, 1.807) is 0 Å². The largest absolute Gasteiger partial charge is 0.326 e. The molecule has 7 heteroatoms.